The second-order valence-corrected chi connectivity index (χ2v) is 2.22. The summed E-state index contributed by atoms with van der Waals surface area (Å²) in [6.07, 6.45) is 0. The summed E-state index contributed by atoms with van der Waals surface area (Å²) in [6.45, 7) is 2.00. The van der Waals surface area contributed by atoms with Gasteiger partial charge in [0.05, 0.1) is 0 Å². The summed E-state index contributed by atoms with van der Waals surface area (Å²) in [7, 11) is 5.34. The minimum atomic E-state index is 1.11. The Bertz CT molecular complexity index is 224. The summed E-state index contributed by atoms with van der Waals surface area (Å²) in [5, 5.41) is 0. The van der Waals surface area contributed by atoms with Crippen molar-refractivity contribution in [3.05, 3.63) is 41.9 Å². The van der Waals surface area contributed by atoms with E-state index in [1.807, 2.05) is 37.3 Å². The van der Waals surface area contributed by atoms with Crippen molar-refractivity contribution in [3.63, 3.8) is 0 Å². The molecule has 0 unspecified atom stereocenters. The van der Waals surface area contributed by atoms with E-state index >= 15 is 0 Å². The van der Waals surface area contributed by atoms with Crippen molar-refractivity contribution in [2.75, 3.05) is 0 Å². The summed E-state index contributed by atoms with van der Waals surface area (Å²) in [6, 6.07) is 10.1. The van der Waals surface area contributed by atoms with Crippen LogP contribution in [0.2, 0.25) is 0 Å². The molecule has 1 aromatic rings. The van der Waals surface area contributed by atoms with Gasteiger partial charge in [0, 0.05) is 0 Å². The third-order valence-corrected chi connectivity index (χ3v) is 1.48. The molecule has 1 heteroatoms. The Kier molecular flexibility index (Phi) is 2.32. The number of hydrogen-bond donors (Lipinski definition) is 0. The van der Waals surface area contributed by atoms with Crippen molar-refractivity contribution in [2.24, 2.45) is 0 Å². The molecule has 0 atom stereocenters. The summed E-state index contributed by atoms with van der Waals surface area (Å²) >= 11 is 0. The van der Waals surface area contributed by atoms with Gasteiger partial charge in [-0.15, -0.1) is 5.98 Å². The Morgan fingerprint density at radius 1 is 1.30 bits per heavy atom. The summed E-state index contributed by atoms with van der Waals surface area (Å²) in [5.41, 5.74) is 2.30. The highest BCUT2D eigenvalue weighted by molar-refractivity contribution is 6.20. The highest BCUT2D eigenvalue weighted by atomic mass is 13.9. The highest BCUT2D eigenvalue weighted by Crippen LogP contribution is 2.10. The Morgan fingerprint density at radius 3 is 2.40 bits per heavy atom. The first-order chi connectivity index (χ1) is 4.84. The third kappa shape index (κ3) is 1.50. The van der Waals surface area contributed by atoms with Gasteiger partial charge in [-0.2, -0.15) is 0 Å². The first kappa shape index (κ1) is 7.14. The molecule has 0 aliphatic carbocycles. The van der Waals surface area contributed by atoms with Crippen LogP contribution >= 0.6 is 0 Å². The fourth-order valence-electron chi connectivity index (χ4n) is 0.797. The zero-order valence-corrected chi connectivity index (χ0v) is 6.04. The lowest BCUT2D eigenvalue weighted by atomic mass is 10.00. The van der Waals surface area contributed by atoms with Crippen molar-refractivity contribution in [2.45, 2.75) is 6.92 Å². The van der Waals surface area contributed by atoms with Crippen molar-refractivity contribution in [1.82, 2.24) is 0 Å². The van der Waals surface area contributed by atoms with E-state index in [1.54, 1.807) is 5.98 Å². The van der Waals surface area contributed by atoms with E-state index in [9.17, 15) is 0 Å². The van der Waals surface area contributed by atoms with Gasteiger partial charge in [0.2, 0.25) is 0 Å². The summed E-state index contributed by atoms with van der Waals surface area (Å²) < 4.78 is 0. The van der Waals surface area contributed by atoms with Gasteiger partial charge < -0.3 is 0 Å². The molecule has 0 fully saturated rings. The van der Waals surface area contributed by atoms with Gasteiger partial charge in [0.25, 0.3) is 0 Å². The molecule has 0 aromatic heterocycles. The molecule has 0 amide bonds. The van der Waals surface area contributed by atoms with Gasteiger partial charge in [-0.1, -0.05) is 35.9 Å². The van der Waals surface area contributed by atoms with E-state index in [0.717, 1.165) is 5.57 Å². The van der Waals surface area contributed by atoms with E-state index in [4.69, 9.17) is 7.85 Å². The van der Waals surface area contributed by atoms with Gasteiger partial charge in [0.1, 0.15) is 7.85 Å². The first-order valence-corrected chi connectivity index (χ1v) is 3.28. The van der Waals surface area contributed by atoms with Crippen LogP contribution in [0.3, 0.4) is 0 Å². The second kappa shape index (κ2) is 3.26. The highest BCUT2D eigenvalue weighted by Gasteiger charge is 1.88. The minimum Gasteiger partial charge on any atom is -0.128 e. The molecule has 0 spiro atoms. The zero-order valence-electron chi connectivity index (χ0n) is 6.04. The summed E-state index contributed by atoms with van der Waals surface area (Å²) in [5.74, 6) is 1.62. The Labute approximate surface area is 63.0 Å². The van der Waals surface area contributed by atoms with Crippen LogP contribution in [-0.2, 0) is 0 Å². The topological polar surface area (TPSA) is 0 Å². The molecule has 10 heavy (non-hydrogen) atoms. The molecule has 0 nitrogen and oxygen atoms in total. The number of allylic oxidation sites excluding steroid dienone is 1. The van der Waals surface area contributed by atoms with E-state index in [2.05, 4.69) is 0 Å². The van der Waals surface area contributed by atoms with Crippen molar-refractivity contribution >= 4 is 13.4 Å². The molecule has 0 aliphatic rings. The average Bonchev–Trinajstić information content (AvgIpc) is 2.05. The Balaban J connectivity index is 2.96. The van der Waals surface area contributed by atoms with Gasteiger partial charge in [-0.05, 0) is 12.5 Å². The molecule has 1 aromatic carbocycles. The number of benzene rings is 1. The quantitative estimate of drug-likeness (QED) is 0.508. The largest absolute Gasteiger partial charge is 0.128 e. The van der Waals surface area contributed by atoms with Crippen LogP contribution in [0, 0.1) is 0 Å². The van der Waals surface area contributed by atoms with Crippen LogP contribution in [0.15, 0.2) is 36.3 Å². The van der Waals surface area contributed by atoms with Crippen molar-refractivity contribution in [3.8, 4) is 0 Å². The molecule has 0 saturated heterocycles. The van der Waals surface area contributed by atoms with Crippen LogP contribution in [0.1, 0.15) is 12.5 Å². The molecule has 0 saturated carbocycles. The Hall–Kier alpha value is -0.975. The lowest BCUT2D eigenvalue weighted by Gasteiger charge is -1.97. The van der Waals surface area contributed by atoms with Crippen molar-refractivity contribution < 1.29 is 0 Å². The first-order valence-electron chi connectivity index (χ1n) is 3.28. The third-order valence-electron chi connectivity index (χ3n) is 1.48. The lowest BCUT2D eigenvalue weighted by molar-refractivity contribution is 1.58. The van der Waals surface area contributed by atoms with Gasteiger partial charge >= 0.3 is 0 Å². The maximum Gasteiger partial charge on any atom is 0.103 e. The Morgan fingerprint density at radius 2 is 1.90 bits per heavy atom. The van der Waals surface area contributed by atoms with E-state index in [1.165, 1.54) is 5.56 Å². The zero-order chi connectivity index (χ0) is 7.40. The number of rotatable bonds is 1. The number of hydrogen-bond acceptors (Lipinski definition) is 0. The smallest absolute Gasteiger partial charge is 0.103 e. The van der Waals surface area contributed by atoms with Gasteiger partial charge in [-0.25, -0.2) is 0 Å². The van der Waals surface area contributed by atoms with Gasteiger partial charge in [-0.3, -0.25) is 0 Å². The minimum absolute atomic E-state index is 1.11. The van der Waals surface area contributed by atoms with Crippen LogP contribution in [0.5, 0.6) is 0 Å². The predicted molar refractivity (Wildman–Crippen MR) is 45.8 cm³/mol. The normalized spacial score (nSPS) is 11.5. The van der Waals surface area contributed by atoms with Crippen molar-refractivity contribution in [1.29, 1.82) is 0 Å². The monoisotopic (exact) mass is 128 g/mol. The van der Waals surface area contributed by atoms with Gasteiger partial charge in [0.15, 0.2) is 0 Å². The SMILES string of the molecule is [B]C=C(C)c1ccccc1. The van der Waals surface area contributed by atoms with Crippen LogP contribution in [0.25, 0.3) is 5.57 Å². The molecular weight excluding hydrogens is 119 g/mol. The second-order valence-electron chi connectivity index (χ2n) is 2.22. The van der Waals surface area contributed by atoms with Crippen LogP contribution < -0.4 is 0 Å². The standard InChI is InChI=1S/C9H9B/c1-8(7-10)9-5-3-2-4-6-9/h2-7H,1H3. The average molecular weight is 128 g/mol. The molecule has 2 radical (unpaired) electrons. The van der Waals surface area contributed by atoms with E-state index in [-0.39, 0.29) is 0 Å². The molecule has 48 valence electrons. The predicted octanol–water partition coefficient (Wildman–Crippen LogP) is 2.22. The van der Waals surface area contributed by atoms with E-state index in [0.29, 0.717) is 0 Å². The molecule has 0 heterocycles. The molecule has 0 N–H and O–H groups in total. The maximum absolute atomic E-state index is 5.34. The maximum atomic E-state index is 5.34. The lowest BCUT2D eigenvalue weighted by Crippen LogP contribution is -1.76. The summed E-state index contributed by atoms with van der Waals surface area (Å²) in [4.78, 5) is 0. The van der Waals surface area contributed by atoms with Crippen LogP contribution in [-0.4, -0.2) is 7.85 Å². The molecular formula is C9H9B. The van der Waals surface area contributed by atoms with Crippen LogP contribution in [0.4, 0.5) is 0 Å². The molecule has 0 bridgehead atoms. The fraction of sp³-hybridized carbons (Fsp3) is 0.111. The molecule has 1 rings (SSSR count). The molecule has 0 aliphatic heterocycles. The van der Waals surface area contributed by atoms with E-state index < -0.39 is 0 Å². The fourth-order valence-corrected chi connectivity index (χ4v) is 0.797.